The molecule has 0 unspecified atom stereocenters. The monoisotopic (exact) mass is 429 g/mol. The van der Waals surface area contributed by atoms with Crippen LogP contribution in [0.25, 0.3) is 21.7 Å². The van der Waals surface area contributed by atoms with Gasteiger partial charge in [0.2, 0.25) is 5.88 Å². The van der Waals surface area contributed by atoms with E-state index < -0.39 is 16.1 Å². The second kappa shape index (κ2) is 7.23. The third-order valence-corrected chi connectivity index (χ3v) is 5.34. The maximum absolute atomic E-state index is 13.2. The van der Waals surface area contributed by atoms with Gasteiger partial charge < -0.3 is 19.0 Å². The molecule has 2 heterocycles. The van der Waals surface area contributed by atoms with Gasteiger partial charge in [-0.15, -0.1) is 0 Å². The van der Waals surface area contributed by atoms with Gasteiger partial charge in [-0.05, 0) is 29.8 Å². The Morgan fingerprint density at radius 3 is 2.63 bits per heavy atom. The van der Waals surface area contributed by atoms with Gasteiger partial charge in [-0.1, -0.05) is 18.7 Å². The van der Waals surface area contributed by atoms with E-state index in [9.17, 15) is 23.0 Å². The van der Waals surface area contributed by atoms with E-state index in [1.165, 1.54) is 35.2 Å². The highest BCUT2D eigenvalue weighted by atomic mass is 32.2. The summed E-state index contributed by atoms with van der Waals surface area (Å²) in [6, 6.07) is 8.76. The molecule has 4 aromatic rings. The molecule has 10 heteroatoms. The van der Waals surface area contributed by atoms with E-state index in [1.807, 2.05) is 4.72 Å². The normalized spacial score (nSPS) is 11.6. The molecule has 2 aromatic heterocycles. The number of hydrogen-bond donors (Lipinski definition) is 3. The van der Waals surface area contributed by atoms with E-state index in [-0.39, 0.29) is 45.6 Å². The largest absolute Gasteiger partial charge is 0.505 e. The first-order chi connectivity index (χ1) is 14.3. The maximum atomic E-state index is 13.2. The van der Waals surface area contributed by atoms with Crippen molar-refractivity contribution in [2.24, 2.45) is 0 Å². The highest BCUT2D eigenvalue weighted by molar-refractivity contribution is 7.85. The van der Waals surface area contributed by atoms with Crippen molar-refractivity contribution in [3.8, 4) is 17.4 Å². The summed E-state index contributed by atoms with van der Waals surface area (Å²) in [6.07, 6.45) is 3.81. The Kier molecular flexibility index (Phi) is 4.70. The van der Waals surface area contributed by atoms with E-state index >= 15 is 0 Å². The van der Waals surface area contributed by atoms with Crippen LogP contribution in [0.1, 0.15) is 5.56 Å². The van der Waals surface area contributed by atoms with Crippen LogP contribution >= 0.6 is 0 Å². The van der Waals surface area contributed by atoms with Crippen molar-refractivity contribution in [3.63, 3.8) is 0 Å². The number of benzene rings is 2. The first-order valence-corrected chi connectivity index (χ1v) is 10.1. The molecule has 0 aliphatic heterocycles. The third-order valence-electron chi connectivity index (χ3n) is 4.49. The summed E-state index contributed by atoms with van der Waals surface area (Å²) in [6.45, 7) is 3.44. The van der Waals surface area contributed by atoms with Crippen molar-refractivity contribution in [1.29, 1.82) is 0 Å². The summed E-state index contributed by atoms with van der Waals surface area (Å²) in [4.78, 5) is 4.08. The number of aromatic nitrogens is 2. The molecular formula is C20H16FN3O5S. The molecule has 2 aromatic carbocycles. The summed E-state index contributed by atoms with van der Waals surface area (Å²) in [5.74, 6) is -1.16. The molecule has 0 saturated heterocycles. The molecule has 8 nitrogen and oxygen atoms in total. The van der Waals surface area contributed by atoms with Crippen molar-refractivity contribution < 1.29 is 27.2 Å². The van der Waals surface area contributed by atoms with Gasteiger partial charge >= 0.3 is 10.3 Å². The van der Waals surface area contributed by atoms with Crippen molar-refractivity contribution in [2.75, 3.05) is 0 Å². The minimum absolute atomic E-state index is 0.0212. The predicted molar refractivity (Wildman–Crippen MR) is 109 cm³/mol. The lowest BCUT2D eigenvalue weighted by atomic mass is 10.1. The number of phenolic OH excluding ortho intramolecular Hbond substituents is 1. The van der Waals surface area contributed by atoms with Gasteiger partial charge in [0.25, 0.3) is 0 Å². The third kappa shape index (κ3) is 3.37. The molecule has 4 rings (SSSR count). The molecule has 3 N–H and O–H groups in total. The summed E-state index contributed by atoms with van der Waals surface area (Å²) in [5, 5.41) is 21.8. The van der Waals surface area contributed by atoms with Gasteiger partial charge in [0.15, 0.2) is 11.5 Å². The van der Waals surface area contributed by atoms with Gasteiger partial charge in [0.1, 0.15) is 11.3 Å². The molecule has 154 valence electrons. The molecule has 0 aliphatic rings. The zero-order valence-corrected chi connectivity index (χ0v) is 16.2. The zero-order valence-electron chi connectivity index (χ0n) is 15.4. The Hall–Kier alpha value is -3.79. The van der Waals surface area contributed by atoms with Gasteiger partial charge in [-0.2, -0.15) is 8.42 Å². The Morgan fingerprint density at radius 1 is 1.20 bits per heavy atom. The average Bonchev–Trinajstić information content (AvgIpc) is 3.03. The van der Waals surface area contributed by atoms with Crippen LogP contribution in [0.5, 0.6) is 17.4 Å². The molecular weight excluding hydrogens is 413 g/mol. The van der Waals surface area contributed by atoms with E-state index in [0.717, 1.165) is 6.20 Å². The SMILES string of the molecule is C=CNS(=O)(=O)Oc1c2cccnc2c(O)c2c(O)n(Cc3ccc(F)cc3)cc12. The summed E-state index contributed by atoms with van der Waals surface area (Å²) < 4.78 is 46.2. The average molecular weight is 429 g/mol. The summed E-state index contributed by atoms with van der Waals surface area (Å²) in [5.41, 5.74) is 0.737. The van der Waals surface area contributed by atoms with Crippen LogP contribution in [-0.2, 0) is 16.8 Å². The number of hydrogen-bond acceptors (Lipinski definition) is 6. The minimum Gasteiger partial charge on any atom is -0.505 e. The molecule has 30 heavy (non-hydrogen) atoms. The van der Waals surface area contributed by atoms with Crippen LogP contribution in [0.3, 0.4) is 0 Å². The standard InChI is InChI=1S/C20H16FN3O5S/c1-2-23-30(27,28)29-19-14-4-3-9-22-17(14)18(25)16-15(19)11-24(20(16)26)10-12-5-7-13(21)8-6-12/h2-9,11,23,25-26H,1,10H2. The number of nitrogens with zero attached hydrogens (tertiary/aromatic N) is 2. The molecule has 0 spiro atoms. The van der Waals surface area contributed by atoms with Crippen LogP contribution in [0.2, 0.25) is 0 Å². The van der Waals surface area contributed by atoms with Crippen molar-refractivity contribution >= 4 is 32.0 Å². The van der Waals surface area contributed by atoms with Crippen LogP contribution in [-0.4, -0.2) is 28.2 Å². The van der Waals surface area contributed by atoms with Crippen LogP contribution in [0.4, 0.5) is 4.39 Å². The number of rotatable bonds is 6. The minimum atomic E-state index is -4.26. The number of phenols is 1. The predicted octanol–water partition coefficient (Wildman–Crippen LogP) is 3.14. The first kappa shape index (κ1) is 19.5. The molecule has 0 bridgehead atoms. The molecule has 0 amide bonds. The number of fused-ring (bicyclic) bond motifs is 2. The topological polar surface area (TPSA) is 114 Å². The van der Waals surface area contributed by atoms with Gasteiger partial charge in [-0.25, -0.2) is 4.39 Å². The van der Waals surface area contributed by atoms with Crippen molar-refractivity contribution in [3.05, 3.63) is 73.0 Å². The van der Waals surface area contributed by atoms with E-state index in [4.69, 9.17) is 4.18 Å². The van der Waals surface area contributed by atoms with Gasteiger partial charge in [0, 0.05) is 24.0 Å². The van der Waals surface area contributed by atoms with E-state index in [1.54, 1.807) is 18.2 Å². The van der Waals surface area contributed by atoms with Crippen molar-refractivity contribution in [2.45, 2.75) is 6.54 Å². The quantitative estimate of drug-likeness (QED) is 0.434. The first-order valence-electron chi connectivity index (χ1n) is 8.69. The fourth-order valence-corrected chi connectivity index (χ4v) is 3.88. The van der Waals surface area contributed by atoms with Crippen LogP contribution < -0.4 is 8.91 Å². The Labute approximate surface area is 170 Å². The Morgan fingerprint density at radius 2 is 1.93 bits per heavy atom. The molecule has 0 fully saturated rings. The number of halogens is 1. The summed E-state index contributed by atoms with van der Waals surface area (Å²) >= 11 is 0. The van der Waals surface area contributed by atoms with Crippen LogP contribution in [0, 0.1) is 5.82 Å². The highest BCUT2D eigenvalue weighted by Crippen LogP contribution is 2.46. The molecule has 0 atom stereocenters. The Balaban J connectivity index is 1.96. The smallest absolute Gasteiger partial charge is 0.407 e. The lowest BCUT2D eigenvalue weighted by Gasteiger charge is -2.11. The summed E-state index contributed by atoms with van der Waals surface area (Å²) in [7, 11) is -4.26. The molecule has 0 saturated carbocycles. The van der Waals surface area contributed by atoms with E-state index in [2.05, 4.69) is 11.6 Å². The van der Waals surface area contributed by atoms with Crippen LogP contribution in [0.15, 0.2) is 61.6 Å². The Bertz CT molecular complexity index is 1380. The second-order valence-electron chi connectivity index (χ2n) is 6.43. The lowest BCUT2D eigenvalue weighted by molar-refractivity contribution is 0.425. The van der Waals surface area contributed by atoms with Gasteiger partial charge in [-0.3, -0.25) is 9.71 Å². The van der Waals surface area contributed by atoms with Crippen molar-refractivity contribution in [1.82, 2.24) is 14.3 Å². The second-order valence-corrected chi connectivity index (χ2v) is 7.74. The number of pyridine rings is 1. The lowest BCUT2D eigenvalue weighted by Crippen LogP contribution is -2.23. The number of nitrogens with one attached hydrogen (secondary N) is 1. The fraction of sp³-hybridized carbons (Fsp3) is 0.0500. The maximum Gasteiger partial charge on any atom is 0.407 e. The van der Waals surface area contributed by atoms with E-state index in [0.29, 0.717) is 5.56 Å². The molecule has 0 aliphatic carbocycles. The molecule has 0 radical (unpaired) electrons. The fourth-order valence-electron chi connectivity index (χ4n) is 3.22. The van der Waals surface area contributed by atoms with Gasteiger partial charge in [0.05, 0.1) is 17.3 Å². The number of aromatic hydroxyl groups is 2. The zero-order chi connectivity index (χ0) is 21.5. The highest BCUT2D eigenvalue weighted by Gasteiger charge is 2.25.